The summed E-state index contributed by atoms with van der Waals surface area (Å²) in [5.41, 5.74) is 1.08. The highest BCUT2D eigenvalue weighted by Gasteiger charge is 2.17. The summed E-state index contributed by atoms with van der Waals surface area (Å²) in [5.74, 6) is 0.832. The minimum atomic E-state index is 0.120. The summed E-state index contributed by atoms with van der Waals surface area (Å²) in [4.78, 5) is 23.1. The number of aryl methyl sites for hydroxylation is 1. The van der Waals surface area contributed by atoms with Crippen LogP contribution in [0, 0.1) is 0 Å². The normalized spacial score (nSPS) is 14.8. The van der Waals surface area contributed by atoms with Crippen molar-refractivity contribution in [3.63, 3.8) is 0 Å². The second-order valence-corrected chi connectivity index (χ2v) is 7.50. The van der Waals surface area contributed by atoms with Crippen molar-refractivity contribution in [3.05, 3.63) is 29.3 Å². The van der Waals surface area contributed by atoms with Crippen molar-refractivity contribution in [2.24, 2.45) is 4.99 Å². The van der Waals surface area contributed by atoms with Crippen LogP contribution >= 0.6 is 11.3 Å². The first-order valence-corrected chi connectivity index (χ1v) is 10.2. The van der Waals surface area contributed by atoms with Crippen molar-refractivity contribution in [1.82, 2.24) is 20.5 Å². The first-order chi connectivity index (χ1) is 12.8. The number of benzene rings is 1. The summed E-state index contributed by atoms with van der Waals surface area (Å²) >= 11 is 1.76. The Balaban J connectivity index is 1.44. The first-order valence-electron chi connectivity index (χ1n) is 9.40. The van der Waals surface area contributed by atoms with Gasteiger partial charge in [-0.25, -0.2) is 9.98 Å². The molecule has 1 saturated heterocycles. The first kappa shape index (κ1) is 18.6. The summed E-state index contributed by atoms with van der Waals surface area (Å²) in [6.45, 7) is 5.58. The standard InChI is InChI=1S/C19H27N5OS/c1-2-20-19(22-14-18(25)24-12-5-6-13-24)21-11-7-10-17-23-15-8-3-4-9-16(15)26-17/h3-4,8-9H,2,5-7,10-14H2,1H3,(H2,20,21,22). The fourth-order valence-electron chi connectivity index (χ4n) is 3.03. The molecule has 3 rings (SSSR count). The Morgan fingerprint density at radius 2 is 2.08 bits per heavy atom. The van der Waals surface area contributed by atoms with Crippen LogP contribution in [-0.4, -0.2) is 54.5 Å². The van der Waals surface area contributed by atoms with Gasteiger partial charge < -0.3 is 15.5 Å². The maximum atomic E-state index is 12.1. The Kier molecular flexibility index (Phi) is 6.82. The number of guanidine groups is 1. The fourth-order valence-corrected chi connectivity index (χ4v) is 4.04. The van der Waals surface area contributed by atoms with E-state index in [0.717, 1.165) is 57.4 Å². The fraction of sp³-hybridized carbons (Fsp3) is 0.526. The van der Waals surface area contributed by atoms with Crippen LogP contribution in [0.15, 0.2) is 29.3 Å². The topological polar surface area (TPSA) is 69.6 Å². The number of rotatable bonds is 7. The van der Waals surface area contributed by atoms with Gasteiger partial charge in [-0.2, -0.15) is 0 Å². The second kappa shape index (κ2) is 9.52. The molecule has 1 aliphatic heterocycles. The number of nitrogens with one attached hydrogen (secondary N) is 2. The summed E-state index contributed by atoms with van der Waals surface area (Å²) in [6, 6.07) is 8.24. The van der Waals surface area contributed by atoms with Crippen LogP contribution in [0.2, 0.25) is 0 Å². The van der Waals surface area contributed by atoms with Crippen molar-refractivity contribution in [3.8, 4) is 0 Å². The van der Waals surface area contributed by atoms with Gasteiger partial charge in [-0.1, -0.05) is 12.1 Å². The molecule has 0 saturated carbocycles. The Labute approximate surface area is 158 Å². The van der Waals surface area contributed by atoms with Gasteiger partial charge >= 0.3 is 0 Å². The lowest BCUT2D eigenvalue weighted by molar-refractivity contribution is -0.128. The van der Waals surface area contributed by atoms with E-state index in [-0.39, 0.29) is 12.5 Å². The van der Waals surface area contributed by atoms with Gasteiger partial charge in [0.25, 0.3) is 0 Å². The molecule has 1 aliphatic rings. The lowest BCUT2D eigenvalue weighted by Crippen LogP contribution is -2.39. The largest absolute Gasteiger partial charge is 0.357 e. The number of aliphatic imine (C=N–C) groups is 1. The molecule has 1 aromatic carbocycles. The van der Waals surface area contributed by atoms with E-state index >= 15 is 0 Å². The molecule has 140 valence electrons. The van der Waals surface area contributed by atoms with E-state index in [9.17, 15) is 4.79 Å². The zero-order chi connectivity index (χ0) is 18.2. The molecule has 0 aliphatic carbocycles. The van der Waals surface area contributed by atoms with E-state index < -0.39 is 0 Å². The maximum absolute atomic E-state index is 12.1. The van der Waals surface area contributed by atoms with E-state index in [2.05, 4.69) is 38.8 Å². The minimum Gasteiger partial charge on any atom is -0.357 e. The lowest BCUT2D eigenvalue weighted by Gasteiger charge is -2.15. The van der Waals surface area contributed by atoms with Crippen LogP contribution < -0.4 is 10.6 Å². The molecule has 2 N–H and O–H groups in total. The van der Waals surface area contributed by atoms with Crippen molar-refractivity contribution in [2.45, 2.75) is 32.6 Å². The number of fused-ring (bicyclic) bond motifs is 1. The third kappa shape index (κ3) is 5.17. The molecule has 0 atom stereocenters. The molecule has 0 bridgehead atoms. The van der Waals surface area contributed by atoms with Gasteiger partial charge in [0.1, 0.15) is 6.54 Å². The van der Waals surface area contributed by atoms with E-state index in [4.69, 9.17) is 0 Å². The molecule has 26 heavy (non-hydrogen) atoms. The average Bonchev–Trinajstić information content (AvgIpc) is 3.32. The highest BCUT2D eigenvalue weighted by atomic mass is 32.1. The van der Waals surface area contributed by atoms with Crippen LogP contribution in [0.1, 0.15) is 31.2 Å². The predicted molar refractivity (Wildman–Crippen MR) is 108 cm³/mol. The van der Waals surface area contributed by atoms with Crippen LogP contribution in [0.4, 0.5) is 0 Å². The number of thiazole rings is 1. The van der Waals surface area contributed by atoms with Crippen molar-refractivity contribution < 1.29 is 4.79 Å². The monoisotopic (exact) mass is 373 g/mol. The number of aromatic nitrogens is 1. The summed E-state index contributed by atoms with van der Waals surface area (Å²) in [5, 5.41) is 7.69. The number of hydrogen-bond acceptors (Lipinski definition) is 4. The maximum Gasteiger partial charge on any atom is 0.244 e. The van der Waals surface area contributed by atoms with E-state index in [0.29, 0.717) is 5.96 Å². The Bertz CT molecular complexity index is 718. The predicted octanol–water partition coefficient (Wildman–Crippen LogP) is 2.41. The molecule has 6 nitrogen and oxygen atoms in total. The molecule has 1 fully saturated rings. The average molecular weight is 374 g/mol. The molecule has 0 unspecified atom stereocenters. The lowest BCUT2D eigenvalue weighted by atomic mass is 10.3. The number of carbonyl (C=O) groups is 1. The Morgan fingerprint density at radius 3 is 2.85 bits per heavy atom. The molecule has 2 heterocycles. The summed E-state index contributed by atoms with van der Waals surface area (Å²) in [7, 11) is 0. The Hall–Kier alpha value is -2.15. The molecule has 0 radical (unpaired) electrons. The molecule has 1 aromatic heterocycles. The van der Waals surface area contributed by atoms with Gasteiger partial charge in [0.05, 0.1) is 15.2 Å². The van der Waals surface area contributed by atoms with Gasteiger partial charge in [-0.05, 0) is 38.3 Å². The molecule has 1 amide bonds. The second-order valence-electron chi connectivity index (χ2n) is 6.39. The van der Waals surface area contributed by atoms with Gasteiger partial charge in [-0.15, -0.1) is 11.3 Å². The van der Waals surface area contributed by atoms with Crippen molar-refractivity contribution in [2.75, 3.05) is 32.7 Å². The number of para-hydroxylation sites is 1. The van der Waals surface area contributed by atoms with E-state index in [1.54, 1.807) is 11.3 Å². The smallest absolute Gasteiger partial charge is 0.244 e. The molecular weight excluding hydrogens is 346 g/mol. The van der Waals surface area contributed by atoms with Gasteiger partial charge in [0.2, 0.25) is 5.91 Å². The van der Waals surface area contributed by atoms with Crippen LogP contribution in [0.3, 0.4) is 0 Å². The van der Waals surface area contributed by atoms with Gasteiger partial charge in [0.15, 0.2) is 5.96 Å². The molecule has 7 heteroatoms. The number of likely N-dealkylation sites (tertiary alicyclic amines) is 1. The van der Waals surface area contributed by atoms with Gasteiger partial charge in [-0.3, -0.25) is 4.79 Å². The molecule has 2 aromatic rings. The minimum absolute atomic E-state index is 0.120. The van der Waals surface area contributed by atoms with Crippen molar-refractivity contribution in [1.29, 1.82) is 0 Å². The quantitative estimate of drug-likeness (QED) is 0.444. The number of hydrogen-bond donors (Lipinski definition) is 2. The van der Waals surface area contributed by atoms with Crippen LogP contribution in [0.5, 0.6) is 0 Å². The highest BCUT2D eigenvalue weighted by molar-refractivity contribution is 7.18. The number of nitrogens with zero attached hydrogens (tertiary/aromatic N) is 3. The molecule has 0 spiro atoms. The Morgan fingerprint density at radius 1 is 1.27 bits per heavy atom. The van der Waals surface area contributed by atoms with Gasteiger partial charge in [0, 0.05) is 32.6 Å². The SMILES string of the molecule is CCNC(=NCC(=O)N1CCCC1)NCCCc1nc2ccccc2s1. The summed E-state index contributed by atoms with van der Waals surface area (Å²) in [6.07, 6.45) is 4.14. The third-order valence-electron chi connectivity index (χ3n) is 4.37. The molecular formula is C19H27N5OS. The van der Waals surface area contributed by atoms with Crippen molar-refractivity contribution >= 4 is 33.4 Å². The van der Waals surface area contributed by atoms with E-state index in [1.165, 1.54) is 9.71 Å². The van der Waals surface area contributed by atoms with E-state index in [1.807, 2.05) is 17.9 Å². The highest BCUT2D eigenvalue weighted by Crippen LogP contribution is 2.22. The zero-order valence-corrected chi connectivity index (χ0v) is 16.1. The third-order valence-corrected chi connectivity index (χ3v) is 5.47. The van der Waals surface area contributed by atoms with Crippen LogP contribution in [-0.2, 0) is 11.2 Å². The van der Waals surface area contributed by atoms with Crippen LogP contribution in [0.25, 0.3) is 10.2 Å². The zero-order valence-electron chi connectivity index (χ0n) is 15.3. The summed E-state index contributed by atoms with van der Waals surface area (Å²) < 4.78 is 1.24. The number of amides is 1. The number of carbonyl (C=O) groups excluding carboxylic acids is 1.